The van der Waals surface area contributed by atoms with Crippen molar-refractivity contribution < 1.29 is 14.3 Å². The van der Waals surface area contributed by atoms with Gasteiger partial charge in [-0.3, -0.25) is 4.79 Å². The third kappa shape index (κ3) is 1.14. The first-order chi connectivity index (χ1) is 9.54. The molecule has 0 radical (unpaired) electrons. The van der Waals surface area contributed by atoms with Crippen molar-refractivity contribution in [2.75, 3.05) is 18.5 Å². The highest BCUT2D eigenvalue weighted by Gasteiger charge is 2.71. The lowest BCUT2D eigenvalue weighted by Gasteiger charge is -2.44. The third-order valence-electron chi connectivity index (χ3n) is 5.62. The summed E-state index contributed by atoms with van der Waals surface area (Å²) in [4.78, 5) is 12.8. The minimum atomic E-state index is -0.623. The Bertz CT molecular complexity index is 589. The monoisotopic (exact) mass is 273 g/mol. The maximum absolute atomic E-state index is 12.8. The topological polar surface area (TPSA) is 47.6 Å². The van der Waals surface area contributed by atoms with Gasteiger partial charge in [-0.25, -0.2) is 0 Å². The van der Waals surface area contributed by atoms with E-state index in [2.05, 4.69) is 25.2 Å². The van der Waals surface area contributed by atoms with E-state index in [0.717, 1.165) is 24.1 Å². The molecule has 1 saturated heterocycles. The van der Waals surface area contributed by atoms with Crippen LogP contribution in [0, 0.1) is 5.41 Å². The number of carbonyl (C=O) groups is 1. The first kappa shape index (κ1) is 12.4. The molecule has 4 heteroatoms. The molecule has 4 nitrogen and oxygen atoms in total. The van der Waals surface area contributed by atoms with Crippen LogP contribution in [0.2, 0.25) is 0 Å². The van der Waals surface area contributed by atoms with Crippen LogP contribution in [0.5, 0.6) is 0 Å². The molecule has 3 aliphatic rings. The highest BCUT2D eigenvalue weighted by atomic mass is 16.7. The fourth-order valence-corrected chi connectivity index (χ4v) is 4.45. The summed E-state index contributed by atoms with van der Waals surface area (Å²) in [6, 6.07) is 7.99. The minimum absolute atomic E-state index is 0.0830. The molecule has 0 bridgehead atoms. The number of carbonyl (C=O) groups excluding carboxylic acids is 1. The Labute approximate surface area is 118 Å². The lowest BCUT2D eigenvalue weighted by molar-refractivity contribution is -0.220. The Morgan fingerprint density at radius 3 is 2.55 bits per heavy atom. The quantitative estimate of drug-likeness (QED) is 0.789. The molecule has 2 heterocycles. The summed E-state index contributed by atoms with van der Waals surface area (Å²) in [5.74, 6) is -0.540. The van der Waals surface area contributed by atoms with Gasteiger partial charge < -0.3 is 14.8 Å². The predicted octanol–water partition coefficient (Wildman–Crippen LogP) is 2.44. The molecule has 2 fully saturated rings. The minimum Gasteiger partial charge on any atom is -0.347 e. The summed E-state index contributed by atoms with van der Waals surface area (Å²) in [5, 5.41) is 3.04. The van der Waals surface area contributed by atoms with E-state index in [9.17, 15) is 4.79 Å². The molecule has 1 aromatic carbocycles. The lowest BCUT2D eigenvalue weighted by atomic mass is 9.63. The van der Waals surface area contributed by atoms with Crippen LogP contribution in [0.25, 0.3) is 0 Å². The van der Waals surface area contributed by atoms with Gasteiger partial charge >= 0.3 is 0 Å². The highest BCUT2D eigenvalue weighted by Crippen LogP contribution is 2.64. The first-order valence-corrected chi connectivity index (χ1v) is 7.22. The Morgan fingerprint density at radius 1 is 1.10 bits per heavy atom. The Hall–Kier alpha value is -1.39. The van der Waals surface area contributed by atoms with Gasteiger partial charge in [-0.2, -0.15) is 0 Å². The Morgan fingerprint density at radius 2 is 1.80 bits per heavy atom. The number of amides is 1. The van der Waals surface area contributed by atoms with Gasteiger partial charge in [-0.1, -0.05) is 32.0 Å². The summed E-state index contributed by atoms with van der Waals surface area (Å²) < 4.78 is 11.9. The van der Waals surface area contributed by atoms with Crippen LogP contribution < -0.4 is 5.32 Å². The van der Waals surface area contributed by atoms with Gasteiger partial charge in [0.25, 0.3) is 0 Å². The van der Waals surface area contributed by atoms with Crippen molar-refractivity contribution in [1.82, 2.24) is 0 Å². The van der Waals surface area contributed by atoms with Gasteiger partial charge in [0, 0.05) is 17.5 Å². The maximum Gasteiger partial charge on any atom is 0.235 e. The van der Waals surface area contributed by atoms with E-state index < -0.39 is 16.6 Å². The second-order valence-corrected chi connectivity index (χ2v) is 6.48. The highest BCUT2D eigenvalue weighted by molar-refractivity contribution is 6.07. The first-order valence-electron chi connectivity index (χ1n) is 7.22. The zero-order valence-corrected chi connectivity index (χ0v) is 11.9. The molecular weight excluding hydrogens is 254 g/mol. The number of hydrogen-bond donors (Lipinski definition) is 1. The number of hydrogen-bond acceptors (Lipinski definition) is 3. The van der Waals surface area contributed by atoms with Crippen molar-refractivity contribution in [3.63, 3.8) is 0 Å². The van der Waals surface area contributed by atoms with Crippen molar-refractivity contribution in [1.29, 1.82) is 0 Å². The van der Waals surface area contributed by atoms with Gasteiger partial charge in [0.15, 0.2) is 5.79 Å². The number of anilines is 1. The average Bonchev–Trinajstić information content (AvgIpc) is 3.05. The summed E-state index contributed by atoms with van der Waals surface area (Å²) in [5.41, 5.74) is 1.08. The molecule has 1 atom stereocenters. The molecular formula is C16H19NO3. The molecule has 1 aliphatic carbocycles. The van der Waals surface area contributed by atoms with Crippen molar-refractivity contribution in [2.24, 2.45) is 5.41 Å². The molecule has 2 spiro atoms. The van der Waals surface area contributed by atoms with Gasteiger partial charge in [0.05, 0.1) is 18.6 Å². The van der Waals surface area contributed by atoms with E-state index >= 15 is 0 Å². The number of fused-ring (bicyclic) bond motifs is 2. The van der Waals surface area contributed by atoms with E-state index in [1.807, 2.05) is 18.2 Å². The second kappa shape index (κ2) is 3.62. The lowest BCUT2D eigenvalue weighted by Crippen LogP contribution is -2.53. The Balaban J connectivity index is 1.92. The van der Waals surface area contributed by atoms with Crippen molar-refractivity contribution in [2.45, 2.75) is 37.9 Å². The van der Waals surface area contributed by atoms with E-state index in [-0.39, 0.29) is 5.91 Å². The number of nitrogens with one attached hydrogen (secondary N) is 1. The smallest absolute Gasteiger partial charge is 0.235 e. The fraction of sp³-hybridized carbons (Fsp3) is 0.562. The zero-order valence-electron chi connectivity index (χ0n) is 11.9. The zero-order chi connectivity index (χ0) is 14.0. The van der Waals surface area contributed by atoms with Crippen LogP contribution in [0.4, 0.5) is 5.69 Å². The second-order valence-electron chi connectivity index (χ2n) is 6.48. The van der Waals surface area contributed by atoms with Gasteiger partial charge in [-0.05, 0) is 18.1 Å². The standard InChI is InChI=1S/C16H19NO3/c1-14(2)15(7-8-16(14)19-9-10-20-16)11-5-3-4-6-12(11)17-13(15)18/h3-6H,7-10H2,1-2H3,(H,17,18)/t15-/m0/s1. The molecule has 0 aromatic heterocycles. The van der Waals surface area contributed by atoms with Gasteiger partial charge in [-0.15, -0.1) is 0 Å². The van der Waals surface area contributed by atoms with Crippen LogP contribution in [0.1, 0.15) is 32.3 Å². The SMILES string of the molecule is CC1(C)C2(CC[C@]13C(=O)Nc1ccccc13)OCCO2. The molecule has 0 unspecified atom stereocenters. The summed E-state index contributed by atoms with van der Waals surface area (Å²) >= 11 is 0. The van der Waals surface area contributed by atoms with Crippen molar-refractivity contribution in [3.8, 4) is 0 Å². The summed E-state index contributed by atoms with van der Waals surface area (Å²) in [6.07, 6.45) is 1.53. The fourth-order valence-electron chi connectivity index (χ4n) is 4.45. The van der Waals surface area contributed by atoms with Gasteiger partial charge in [0.1, 0.15) is 0 Å². The van der Waals surface area contributed by atoms with Crippen LogP contribution in [0.3, 0.4) is 0 Å². The van der Waals surface area contributed by atoms with Gasteiger partial charge in [0.2, 0.25) is 5.91 Å². The van der Waals surface area contributed by atoms with Crippen molar-refractivity contribution in [3.05, 3.63) is 29.8 Å². The van der Waals surface area contributed by atoms with Crippen LogP contribution in [-0.2, 0) is 19.7 Å². The largest absolute Gasteiger partial charge is 0.347 e. The number of para-hydroxylation sites is 1. The van der Waals surface area contributed by atoms with E-state index in [4.69, 9.17) is 9.47 Å². The van der Waals surface area contributed by atoms with Crippen molar-refractivity contribution >= 4 is 11.6 Å². The molecule has 1 saturated carbocycles. The predicted molar refractivity (Wildman–Crippen MR) is 74.4 cm³/mol. The molecule has 4 rings (SSSR count). The summed E-state index contributed by atoms with van der Waals surface area (Å²) in [7, 11) is 0. The van der Waals surface area contributed by atoms with E-state index in [1.54, 1.807) is 0 Å². The molecule has 2 aliphatic heterocycles. The molecule has 20 heavy (non-hydrogen) atoms. The third-order valence-corrected chi connectivity index (χ3v) is 5.62. The molecule has 1 N–H and O–H groups in total. The molecule has 1 amide bonds. The Kier molecular flexibility index (Phi) is 2.24. The summed E-state index contributed by atoms with van der Waals surface area (Å²) in [6.45, 7) is 5.44. The maximum atomic E-state index is 12.8. The number of ether oxygens (including phenoxy) is 2. The van der Waals surface area contributed by atoms with E-state index in [0.29, 0.717) is 13.2 Å². The van der Waals surface area contributed by atoms with E-state index in [1.165, 1.54) is 0 Å². The molecule has 1 aromatic rings. The molecule has 106 valence electrons. The van der Waals surface area contributed by atoms with Crippen LogP contribution in [-0.4, -0.2) is 24.9 Å². The number of rotatable bonds is 0. The van der Waals surface area contributed by atoms with Crippen LogP contribution in [0.15, 0.2) is 24.3 Å². The number of benzene rings is 1. The average molecular weight is 273 g/mol. The van der Waals surface area contributed by atoms with Crippen LogP contribution >= 0.6 is 0 Å². The normalized spacial score (nSPS) is 32.8.